The SMILES string of the molecule is COc1ccc(-c2nnsc2CNC(=O)c2cc(NC(=O)c3cc(F)c(F)cc3Cl)n[nH]2)cc1. The van der Waals surface area contributed by atoms with E-state index in [2.05, 4.69) is 30.4 Å². The number of carbonyl (C=O) groups excluding carboxylic acids is 2. The van der Waals surface area contributed by atoms with Crippen LogP contribution in [0.15, 0.2) is 42.5 Å². The molecule has 0 radical (unpaired) electrons. The summed E-state index contributed by atoms with van der Waals surface area (Å²) in [7, 11) is 1.57. The van der Waals surface area contributed by atoms with Gasteiger partial charge in [-0.15, -0.1) is 5.10 Å². The summed E-state index contributed by atoms with van der Waals surface area (Å²) in [5.74, 6) is -3.00. The van der Waals surface area contributed by atoms with Crippen molar-refractivity contribution in [2.45, 2.75) is 6.54 Å². The van der Waals surface area contributed by atoms with Crippen LogP contribution in [0.3, 0.4) is 0 Å². The second-order valence-electron chi connectivity index (χ2n) is 6.82. The van der Waals surface area contributed by atoms with Crippen LogP contribution < -0.4 is 15.4 Å². The van der Waals surface area contributed by atoms with Gasteiger partial charge in [0.1, 0.15) is 17.1 Å². The first-order chi connectivity index (χ1) is 16.4. The van der Waals surface area contributed by atoms with Crippen molar-refractivity contribution in [2.24, 2.45) is 0 Å². The molecule has 174 valence electrons. The highest BCUT2D eigenvalue weighted by atomic mass is 35.5. The van der Waals surface area contributed by atoms with Crippen LogP contribution in [0.1, 0.15) is 25.7 Å². The van der Waals surface area contributed by atoms with Gasteiger partial charge in [-0.2, -0.15) is 5.10 Å². The monoisotopic (exact) mass is 504 g/mol. The Bertz CT molecular complexity index is 1360. The van der Waals surface area contributed by atoms with Crippen molar-refractivity contribution in [3.8, 4) is 17.0 Å². The fraction of sp³-hybridized carbons (Fsp3) is 0.0952. The van der Waals surface area contributed by atoms with Crippen LogP contribution in [0.25, 0.3) is 11.3 Å². The minimum atomic E-state index is -1.22. The molecule has 0 aliphatic heterocycles. The van der Waals surface area contributed by atoms with Crippen LogP contribution in [0.5, 0.6) is 5.75 Å². The molecule has 3 N–H and O–H groups in total. The van der Waals surface area contributed by atoms with Crippen molar-refractivity contribution in [2.75, 3.05) is 12.4 Å². The van der Waals surface area contributed by atoms with E-state index in [4.69, 9.17) is 16.3 Å². The van der Waals surface area contributed by atoms with E-state index in [0.29, 0.717) is 23.6 Å². The molecule has 2 aromatic carbocycles. The molecule has 0 saturated heterocycles. The van der Waals surface area contributed by atoms with Crippen molar-refractivity contribution in [1.29, 1.82) is 0 Å². The van der Waals surface area contributed by atoms with Crippen molar-refractivity contribution < 1.29 is 23.1 Å². The molecule has 4 aromatic rings. The van der Waals surface area contributed by atoms with Gasteiger partial charge in [0.05, 0.1) is 29.1 Å². The molecular formula is C21H15ClF2N6O3S. The predicted octanol–water partition coefficient (Wildman–Crippen LogP) is 4.05. The average Bonchev–Trinajstić information content (AvgIpc) is 3.49. The predicted molar refractivity (Wildman–Crippen MR) is 121 cm³/mol. The Labute approximate surface area is 200 Å². The summed E-state index contributed by atoms with van der Waals surface area (Å²) in [5.41, 5.74) is 1.24. The minimum Gasteiger partial charge on any atom is -0.497 e. The molecule has 9 nitrogen and oxygen atoms in total. The van der Waals surface area contributed by atoms with Crippen molar-refractivity contribution >= 4 is 40.8 Å². The summed E-state index contributed by atoms with van der Waals surface area (Å²) in [6, 6.07) is 9.93. The number of benzene rings is 2. The van der Waals surface area contributed by atoms with Gasteiger partial charge in [0.2, 0.25) is 0 Å². The molecule has 13 heteroatoms. The number of aromatic nitrogens is 4. The van der Waals surface area contributed by atoms with E-state index < -0.39 is 23.4 Å². The lowest BCUT2D eigenvalue weighted by atomic mass is 10.1. The van der Waals surface area contributed by atoms with Gasteiger partial charge in [-0.3, -0.25) is 14.7 Å². The zero-order chi connectivity index (χ0) is 24.2. The Hall–Kier alpha value is -3.90. The second-order valence-corrected chi connectivity index (χ2v) is 8.07. The molecule has 2 aromatic heterocycles. The van der Waals surface area contributed by atoms with E-state index in [1.807, 2.05) is 12.1 Å². The highest BCUT2D eigenvalue weighted by Crippen LogP contribution is 2.26. The molecule has 0 aliphatic rings. The van der Waals surface area contributed by atoms with E-state index in [0.717, 1.165) is 22.0 Å². The maximum Gasteiger partial charge on any atom is 0.269 e. The number of hydrogen-bond donors (Lipinski definition) is 3. The number of amides is 2. The van der Waals surface area contributed by atoms with E-state index in [-0.39, 0.29) is 28.6 Å². The maximum absolute atomic E-state index is 13.4. The first-order valence-electron chi connectivity index (χ1n) is 9.61. The van der Waals surface area contributed by atoms with E-state index >= 15 is 0 Å². The minimum absolute atomic E-state index is 0.00525. The molecular weight excluding hydrogens is 490 g/mol. The van der Waals surface area contributed by atoms with Crippen LogP contribution in [0.2, 0.25) is 5.02 Å². The number of aromatic amines is 1. The number of rotatable bonds is 7. The molecule has 0 fully saturated rings. The lowest BCUT2D eigenvalue weighted by molar-refractivity contribution is 0.0945. The second kappa shape index (κ2) is 9.93. The zero-order valence-electron chi connectivity index (χ0n) is 17.4. The van der Waals surface area contributed by atoms with Crippen molar-refractivity contribution in [3.05, 3.63) is 75.3 Å². The van der Waals surface area contributed by atoms with Crippen LogP contribution in [-0.4, -0.2) is 38.7 Å². The maximum atomic E-state index is 13.4. The van der Waals surface area contributed by atoms with Crippen LogP contribution in [0, 0.1) is 11.6 Å². The Morgan fingerprint density at radius 2 is 1.85 bits per heavy atom. The molecule has 4 rings (SSSR count). The quantitative estimate of drug-likeness (QED) is 0.326. The van der Waals surface area contributed by atoms with Gasteiger partial charge in [-0.05, 0) is 47.9 Å². The Morgan fingerprint density at radius 3 is 2.59 bits per heavy atom. The van der Waals surface area contributed by atoms with E-state index in [9.17, 15) is 18.4 Å². The van der Waals surface area contributed by atoms with Crippen LogP contribution >= 0.6 is 23.1 Å². The molecule has 0 atom stereocenters. The number of methoxy groups -OCH3 is 1. The van der Waals surface area contributed by atoms with Gasteiger partial charge in [0.25, 0.3) is 11.8 Å². The summed E-state index contributed by atoms with van der Waals surface area (Å²) < 4.78 is 35.7. The van der Waals surface area contributed by atoms with Crippen LogP contribution in [-0.2, 0) is 6.54 Å². The first-order valence-corrected chi connectivity index (χ1v) is 10.8. The molecule has 34 heavy (non-hydrogen) atoms. The molecule has 0 unspecified atom stereocenters. The molecule has 0 aliphatic carbocycles. The fourth-order valence-corrected chi connectivity index (χ4v) is 3.77. The Balaban J connectivity index is 1.39. The zero-order valence-corrected chi connectivity index (χ0v) is 18.9. The molecule has 2 amide bonds. The van der Waals surface area contributed by atoms with Crippen molar-refractivity contribution in [1.82, 2.24) is 25.1 Å². The molecule has 0 saturated carbocycles. The third-order valence-corrected chi connectivity index (χ3v) is 5.68. The average molecular weight is 505 g/mol. The summed E-state index contributed by atoms with van der Waals surface area (Å²) in [5, 5.41) is 15.3. The van der Waals surface area contributed by atoms with E-state index in [1.54, 1.807) is 19.2 Å². The number of anilines is 1. The Kier molecular flexibility index (Phi) is 6.80. The number of nitrogens with one attached hydrogen (secondary N) is 3. The summed E-state index contributed by atoms with van der Waals surface area (Å²) >= 11 is 6.95. The van der Waals surface area contributed by atoms with Gasteiger partial charge in [-0.1, -0.05) is 16.1 Å². The number of hydrogen-bond acceptors (Lipinski definition) is 7. The fourth-order valence-electron chi connectivity index (χ4n) is 2.93. The summed E-state index contributed by atoms with van der Waals surface area (Å²) in [4.78, 5) is 25.6. The topological polar surface area (TPSA) is 122 Å². The van der Waals surface area contributed by atoms with E-state index in [1.165, 1.54) is 6.07 Å². The third-order valence-electron chi connectivity index (χ3n) is 4.65. The van der Waals surface area contributed by atoms with Crippen LogP contribution in [0.4, 0.5) is 14.6 Å². The standard InChI is InChI=1S/C21H15ClF2N6O3S/c1-33-11-4-2-10(3-5-11)19-17(34-30-29-19)9-25-21(32)16-8-18(28-27-16)26-20(31)12-6-14(23)15(24)7-13(12)22/h2-8H,9H2,1H3,(H,25,32)(H2,26,27,28,31). The highest BCUT2D eigenvalue weighted by Gasteiger charge is 2.18. The molecule has 2 heterocycles. The number of H-pyrrole nitrogens is 1. The summed E-state index contributed by atoms with van der Waals surface area (Å²) in [6.45, 7) is 0.156. The number of carbonyl (C=O) groups is 2. The number of nitrogens with zero attached hydrogens (tertiary/aromatic N) is 3. The number of halogens is 3. The third kappa shape index (κ3) is 5.02. The lowest BCUT2D eigenvalue weighted by Gasteiger charge is -2.05. The van der Waals surface area contributed by atoms with Gasteiger partial charge in [0, 0.05) is 11.6 Å². The Morgan fingerprint density at radius 1 is 1.12 bits per heavy atom. The van der Waals surface area contributed by atoms with Crippen molar-refractivity contribution in [3.63, 3.8) is 0 Å². The highest BCUT2D eigenvalue weighted by molar-refractivity contribution is 7.06. The smallest absolute Gasteiger partial charge is 0.269 e. The number of ether oxygens (including phenoxy) is 1. The molecule has 0 spiro atoms. The lowest BCUT2D eigenvalue weighted by Crippen LogP contribution is -2.23. The summed E-state index contributed by atoms with van der Waals surface area (Å²) in [6.07, 6.45) is 0. The first kappa shape index (κ1) is 23.3. The molecule has 0 bridgehead atoms. The normalized spacial score (nSPS) is 10.7. The van der Waals surface area contributed by atoms with Gasteiger partial charge in [0.15, 0.2) is 17.5 Å². The largest absolute Gasteiger partial charge is 0.497 e. The van der Waals surface area contributed by atoms with Gasteiger partial charge >= 0.3 is 0 Å². The van der Waals surface area contributed by atoms with Gasteiger partial charge < -0.3 is 15.4 Å². The van der Waals surface area contributed by atoms with Gasteiger partial charge in [-0.25, -0.2) is 8.78 Å².